The number of anilines is 1. The maximum atomic E-state index is 13.0. The molecule has 6 heteroatoms. The van der Waals surface area contributed by atoms with E-state index in [-0.39, 0.29) is 11.8 Å². The summed E-state index contributed by atoms with van der Waals surface area (Å²) in [4.78, 5) is 13.0. The fraction of sp³-hybridized carbons (Fsp3) is 0.229. The molecule has 0 spiro atoms. The summed E-state index contributed by atoms with van der Waals surface area (Å²) in [6.07, 6.45) is 4.32. The Labute approximate surface area is 239 Å². The molecule has 1 unspecified atom stereocenters. The lowest BCUT2D eigenvalue weighted by Crippen LogP contribution is -2.14. The molecule has 1 aromatic heterocycles. The van der Waals surface area contributed by atoms with Gasteiger partial charge in [-0.15, -0.1) is 0 Å². The average molecular weight is 545 g/mol. The van der Waals surface area contributed by atoms with Gasteiger partial charge in [0.05, 0.1) is 31.5 Å². The molecule has 1 N–H and O–H groups in total. The van der Waals surface area contributed by atoms with Crippen molar-refractivity contribution in [1.29, 1.82) is 0 Å². The van der Waals surface area contributed by atoms with E-state index >= 15 is 0 Å². The Hall–Kier alpha value is -4.71. The second kappa shape index (κ2) is 10.7. The lowest BCUT2D eigenvalue weighted by Gasteiger charge is -2.18. The highest BCUT2D eigenvalue weighted by molar-refractivity contribution is 6.06. The Balaban J connectivity index is 1.17. The summed E-state index contributed by atoms with van der Waals surface area (Å²) in [7, 11) is 1.66. The lowest BCUT2D eigenvalue weighted by atomic mass is 9.88. The van der Waals surface area contributed by atoms with Crippen molar-refractivity contribution in [3.05, 3.63) is 119 Å². The van der Waals surface area contributed by atoms with Gasteiger partial charge in [0.25, 0.3) is 0 Å². The number of benzene rings is 4. The Bertz CT molecular complexity index is 1740. The normalized spacial score (nSPS) is 15.6. The van der Waals surface area contributed by atoms with Crippen molar-refractivity contribution in [3.8, 4) is 17.2 Å². The first-order valence-electron chi connectivity index (χ1n) is 14.2. The molecule has 0 aliphatic carbocycles. The number of methoxy groups -OCH3 is 1. The zero-order chi connectivity index (χ0) is 27.8. The highest BCUT2D eigenvalue weighted by Crippen LogP contribution is 2.43. The summed E-state index contributed by atoms with van der Waals surface area (Å²) >= 11 is 0. The predicted molar refractivity (Wildman–Crippen MR) is 160 cm³/mol. The van der Waals surface area contributed by atoms with Crippen molar-refractivity contribution in [2.24, 2.45) is 0 Å². The summed E-state index contributed by atoms with van der Waals surface area (Å²) in [6.45, 7) is 2.06. The zero-order valence-electron chi connectivity index (χ0n) is 23.1. The number of carbonyl (C=O) groups is 1. The second-order valence-corrected chi connectivity index (χ2v) is 10.8. The molecule has 5 aromatic rings. The number of hydrogen-bond acceptors (Lipinski definition) is 4. The molecule has 1 atom stereocenters. The van der Waals surface area contributed by atoms with Crippen LogP contribution in [0, 0.1) is 0 Å². The van der Waals surface area contributed by atoms with Crippen molar-refractivity contribution < 1.29 is 19.0 Å². The molecular weight excluding hydrogens is 512 g/mol. The smallest absolute Gasteiger partial charge is 0.225 e. The van der Waals surface area contributed by atoms with Crippen molar-refractivity contribution in [3.63, 3.8) is 0 Å². The molecule has 6 nitrogen and oxygen atoms in total. The molecule has 0 saturated carbocycles. The standard InChI is InChI=1S/C35H32N2O4/c1-39-33-19-25(11-13-32(33)41-16-14-23-10-12-31-26(18-23)15-17-40-31)27-20-34(38)36-29-8-5-9-30-35(29)28(27)22-37(30)21-24-6-3-2-4-7-24/h2-13,18-19,22,27H,14-17,20-21H2,1H3,(H,36,38). The van der Waals surface area contributed by atoms with E-state index in [0.29, 0.717) is 24.5 Å². The topological polar surface area (TPSA) is 61.7 Å². The van der Waals surface area contributed by atoms with Gasteiger partial charge in [0, 0.05) is 43.3 Å². The van der Waals surface area contributed by atoms with Crippen LogP contribution in [-0.2, 0) is 24.2 Å². The average Bonchev–Trinajstić information content (AvgIpc) is 3.58. The van der Waals surface area contributed by atoms with E-state index in [1.54, 1.807) is 7.11 Å². The third-order valence-electron chi connectivity index (χ3n) is 8.16. The zero-order valence-corrected chi connectivity index (χ0v) is 23.1. The van der Waals surface area contributed by atoms with Gasteiger partial charge in [-0.3, -0.25) is 4.79 Å². The molecule has 0 radical (unpaired) electrons. The van der Waals surface area contributed by atoms with E-state index in [1.807, 2.05) is 30.3 Å². The minimum Gasteiger partial charge on any atom is -0.493 e. The molecule has 0 fully saturated rings. The number of nitrogens with zero attached hydrogens (tertiary/aromatic N) is 1. The number of ether oxygens (including phenoxy) is 3. The van der Waals surface area contributed by atoms with Crippen LogP contribution in [0.15, 0.2) is 91.1 Å². The number of carbonyl (C=O) groups excluding carboxylic acids is 1. The maximum Gasteiger partial charge on any atom is 0.225 e. The molecule has 2 aliphatic rings. The SMILES string of the molecule is COc1cc(C2CC(=O)Nc3cccc4c3c2cn4Cc2ccccc2)ccc1OCCc1ccc2c(c1)CCO2. The number of aromatic nitrogens is 1. The summed E-state index contributed by atoms with van der Waals surface area (Å²) in [6, 6.07) is 29.0. The first-order valence-corrected chi connectivity index (χ1v) is 14.2. The molecule has 41 heavy (non-hydrogen) atoms. The summed E-state index contributed by atoms with van der Waals surface area (Å²) in [5.41, 5.74) is 7.87. The van der Waals surface area contributed by atoms with Gasteiger partial charge in [-0.25, -0.2) is 0 Å². The molecule has 1 amide bonds. The fourth-order valence-corrected chi connectivity index (χ4v) is 6.15. The molecule has 3 heterocycles. The number of amides is 1. The van der Waals surface area contributed by atoms with Crippen LogP contribution in [-0.4, -0.2) is 30.8 Å². The van der Waals surface area contributed by atoms with Crippen LogP contribution in [0.4, 0.5) is 5.69 Å². The molecule has 0 saturated heterocycles. The monoisotopic (exact) mass is 544 g/mol. The van der Waals surface area contributed by atoms with E-state index in [2.05, 4.69) is 70.7 Å². The van der Waals surface area contributed by atoms with E-state index in [4.69, 9.17) is 14.2 Å². The van der Waals surface area contributed by atoms with Gasteiger partial charge in [0.2, 0.25) is 5.91 Å². The number of fused-ring (bicyclic) bond motifs is 1. The van der Waals surface area contributed by atoms with Crippen LogP contribution in [0.25, 0.3) is 10.9 Å². The van der Waals surface area contributed by atoms with Crippen molar-refractivity contribution in [2.75, 3.05) is 25.6 Å². The van der Waals surface area contributed by atoms with Gasteiger partial charge in [-0.2, -0.15) is 0 Å². The van der Waals surface area contributed by atoms with Crippen molar-refractivity contribution in [1.82, 2.24) is 4.57 Å². The molecule has 4 aromatic carbocycles. The molecule has 206 valence electrons. The van der Waals surface area contributed by atoms with Crippen LogP contribution in [0.1, 0.15) is 40.2 Å². The minimum atomic E-state index is -0.116. The molecule has 0 bridgehead atoms. The van der Waals surface area contributed by atoms with Crippen LogP contribution in [0.3, 0.4) is 0 Å². The third kappa shape index (κ3) is 4.91. The van der Waals surface area contributed by atoms with Gasteiger partial charge >= 0.3 is 0 Å². The number of nitrogens with one attached hydrogen (secondary N) is 1. The highest BCUT2D eigenvalue weighted by atomic mass is 16.5. The number of rotatable bonds is 8. The summed E-state index contributed by atoms with van der Waals surface area (Å²) < 4.78 is 19.9. The van der Waals surface area contributed by atoms with Crippen LogP contribution < -0.4 is 19.5 Å². The van der Waals surface area contributed by atoms with Gasteiger partial charge in [-0.1, -0.05) is 54.6 Å². The van der Waals surface area contributed by atoms with E-state index in [1.165, 1.54) is 16.7 Å². The van der Waals surface area contributed by atoms with Crippen LogP contribution >= 0.6 is 0 Å². The van der Waals surface area contributed by atoms with Crippen LogP contribution in [0.2, 0.25) is 0 Å². The van der Waals surface area contributed by atoms with Gasteiger partial charge in [-0.05, 0) is 58.1 Å². The van der Waals surface area contributed by atoms with Gasteiger partial charge in [0.1, 0.15) is 5.75 Å². The van der Waals surface area contributed by atoms with Gasteiger partial charge < -0.3 is 24.1 Å². The Kier molecular flexibility index (Phi) is 6.59. The quantitative estimate of drug-likeness (QED) is 0.235. The predicted octanol–water partition coefficient (Wildman–Crippen LogP) is 6.73. The third-order valence-corrected chi connectivity index (χ3v) is 8.16. The summed E-state index contributed by atoms with van der Waals surface area (Å²) in [5, 5.41) is 4.24. The van der Waals surface area contributed by atoms with E-state index < -0.39 is 0 Å². The fourth-order valence-electron chi connectivity index (χ4n) is 6.15. The Morgan fingerprint density at radius 2 is 1.85 bits per heavy atom. The van der Waals surface area contributed by atoms with Crippen molar-refractivity contribution in [2.45, 2.75) is 31.7 Å². The summed E-state index contributed by atoms with van der Waals surface area (Å²) in [5.74, 6) is 2.25. The first kappa shape index (κ1) is 25.3. The van der Waals surface area contributed by atoms with Crippen LogP contribution in [0.5, 0.6) is 17.2 Å². The van der Waals surface area contributed by atoms with Gasteiger partial charge in [0.15, 0.2) is 11.5 Å². The highest BCUT2D eigenvalue weighted by Gasteiger charge is 2.28. The maximum absolute atomic E-state index is 13.0. The lowest BCUT2D eigenvalue weighted by molar-refractivity contribution is -0.116. The van der Waals surface area contributed by atoms with E-state index in [0.717, 1.165) is 59.5 Å². The molecule has 7 rings (SSSR count). The Morgan fingerprint density at radius 1 is 0.951 bits per heavy atom. The Morgan fingerprint density at radius 3 is 2.73 bits per heavy atom. The molecule has 2 aliphatic heterocycles. The minimum absolute atomic E-state index is 0.00680. The largest absolute Gasteiger partial charge is 0.493 e. The van der Waals surface area contributed by atoms with Crippen molar-refractivity contribution >= 4 is 22.5 Å². The van der Waals surface area contributed by atoms with E-state index in [9.17, 15) is 4.79 Å². The number of hydrogen-bond donors (Lipinski definition) is 1. The molecular formula is C35H32N2O4. The second-order valence-electron chi connectivity index (χ2n) is 10.8. The first-order chi connectivity index (χ1) is 20.2.